The summed E-state index contributed by atoms with van der Waals surface area (Å²) in [4.78, 5) is 18.0. The molecule has 2 rings (SSSR count). The Morgan fingerprint density at radius 2 is 2.20 bits per heavy atom. The second-order valence-corrected chi connectivity index (χ2v) is 3.90. The first-order valence-corrected chi connectivity index (χ1v) is 5.02. The van der Waals surface area contributed by atoms with Crippen LogP contribution in [0.4, 0.5) is 5.69 Å². The highest BCUT2D eigenvalue weighted by Gasteiger charge is 2.16. The van der Waals surface area contributed by atoms with Gasteiger partial charge in [-0.3, -0.25) is 10.1 Å². The molecule has 0 N–H and O–H groups in total. The van der Waals surface area contributed by atoms with Crippen molar-refractivity contribution in [2.75, 3.05) is 0 Å². The number of rotatable bonds is 1. The molecular weight excluding hydrogens is 285 g/mol. The number of fused-ring (bicyclic) bond motifs is 1. The molecule has 0 saturated heterocycles. The second kappa shape index (κ2) is 3.71. The Morgan fingerprint density at radius 1 is 1.47 bits per heavy atom. The maximum absolute atomic E-state index is 10.6. The first-order chi connectivity index (χ1) is 7.09. The van der Waals surface area contributed by atoms with E-state index < -0.39 is 4.92 Å². The van der Waals surface area contributed by atoms with Crippen LogP contribution in [0.15, 0.2) is 22.8 Å². The minimum atomic E-state index is -0.529. The highest BCUT2D eigenvalue weighted by atomic mass is 79.9. The summed E-state index contributed by atoms with van der Waals surface area (Å²) in [5, 5.41) is 10.9. The van der Waals surface area contributed by atoms with Crippen LogP contribution in [-0.2, 0) is 0 Å². The predicted octanol–water partition coefficient (Wildman–Crippen LogP) is 2.95. The van der Waals surface area contributed by atoms with Crippen LogP contribution in [0.2, 0.25) is 5.15 Å². The molecule has 7 heteroatoms. The molecule has 0 saturated carbocycles. The number of aromatic nitrogens is 2. The van der Waals surface area contributed by atoms with E-state index in [0.717, 1.165) is 0 Å². The van der Waals surface area contributed by atoms with Gasteiger partial charge in [-0.2, -0.15) is 0 Å². The first kappa shape index (κ1) is 10.3. The summed E-state index contributed by atoms with van der Waals surface area (Å²) in [5.41, 5.74) is 0.811. The number of halogens is 2. The molecule has 0 aliphatic heterocycles. The molecule has 0 fully saturated rings. The van der Waals surface area contributed by atoms with Crippen LogP contribution < -0.4 is 0 Å². The molecule has 0 aromatic carbocycles. The molecule has 2 aromatic heterocycles. The average molecular weight is 288 g/mol. The molecule has 15 heavy (non-hydrogen) atoms. The van der Waals surface area contributed by atoms with Crippen molar-refractivity contribution in [3.8, 4) is 0 Å². The summed E-state index contributed by atoms with van der Waals surface area (Å²) in [6, 6.07) is 3.23. The molecule has 0 atom stereocenters. The molecule has 0 amide bonds. The maximum atomic E-state index is 10.6. The number of nitrogens with zero attached hydrogens (tertiary/aromatic N) is 3. The molecule has 0 unspecified atom stereocenters. The van der Waals surface area contributed by atoms with Gasteiger partial charge in [0.2, 0.25) is 0 Å². The first-order valence-electron chi connectivity index (χ1n) is 3.85. The van der Waals surface area contributed by atoms with E-state index in [-0.39, 0.29) is 10.8 Å². The molecule has 0 bridgehead atoms. The van der Waals surface area contributed by atoms with Gasteiger partial charge in [0.05, 0.1) is 10.4 Å². The Morgan fingerprint density at radius 3 is 2.87 bits per heavy atom. The lowest BCUT2D eigenvalue weighted by molar-refractivity contribution is -0.385. The van der Waals surface area contributed by atoms with Gasteiger partial charge in [0.1, 0.15) is 21.3 Å². The SMILES string of the molecule is O=[N+]([O-])c1cnc2ccc(Cl)nc2c1Br. The normalized spacial score (nSPS) is 10.5. The van der Waals surface area contributed by atoms with Gasteiger partial charge in [-0.15, -0.1) is 0 Å². The van der Waals surface area contributed by atoms with Gasteiger partial charge < -0.3 is 0 Å². The minimum absolute atomic E-state index is 0.128. The second-order valence-electron chi connectivity index (χ2n) is 2.72. The molecule has 0 radical (unpaired) electrons. The van der Waals surface area contributed by atoms with Crippen molar-refractivity contribution in [3.63, 3.8) is 0 Å². The van der Waals surface area contributed by atoms with Crippen molar-refractivity contribution < 1.29 is 4.92 Å². The summed E-state index contributed by atoms with van der Waals surface area (Å²) < 4.78 is 0.292. The van der Waals surface area contributed by atoms with E-state index in [1.54, 1.807) is 12.1 Å². The molecule has 76 valence electrons. The van der Waals surface area contributed by atoms with Gasteiger partial charge >= 0.3 is 5.69 Å². The summed E-state index contributed by atoms with van der Waals surface area (Å²) in [6.45, 7) is 0. The van der Waals surface area contributed by atoms with Gasteiger partial charge in [-0.05, 0) is 28.1 Å². The van der Waals surface area contributed by atoms with E-state index in [0.29, 0.717) is 15.5 Å². The third kappa shape index (κ3) is 1.78. The predicted molar refractivity (Wildman–Crippen MR) is 58.9 cm³/mol. The van der Waals surface area contributed by atoms with Crippen LogP contribution in [0.5, 0.6) is 0 Å². The zero-order valence-electron chi connectivity index (χ0n) is 7.15. The van der Waals surface area contributed by atoms with Crippen LogP contribution in [0.25, 0.3) is 11.0 Å². The van der Waals surface area contributed by atoms with E-state index in [2.05, 4.69) is 25.9 Å². The number of hydrogen-bond donors (Lipinski definition) is 0. The highest BCUT2D eigenvalue weighted by molar-refractivity contribution is 9.10. The van der Waals surface area contributed by atoms with E-state index >= 15 is 0 Å². The molecule has 0 aliphatic rings. The van der Waals surface area contributed by atoms with Gasteiger partial charge in [-0.25, -0.2) is 9.97 Å². The van der Waals surface area contributed by atoms with Gasteiger partial charge in [0.15, 0.2) is 0 Å². The van der Waals surface area contributed by atoms with Crippen molar-refractivity contribution in [1.82, 2.24) is 9.97 Å². The molecule has 2 heterocycles. The lowest BCUT2D eigenvalue weighted by Crippen LogP contribution is -1.93. The Bertz CT molecular complexity index is 561. The Hall–Kier alpha value is -1.27. The Labute approximate surface area is 97.4 Å². The number of nitro groups is 1. The number of hydrogen-bond acceptors (Lipinski definition) is 4. The van der Waals surface area contributed by atoms with Crippen LogP contribution in [0.3, 0.4) is 0 Å². The van der Waals surface area contributed by atoms with E-state index in [9.17, 15) is 10.1 Å². The van der Waals surface area contributed by atoms with Crippen LogP contribution >= 0.6 is 27.5 Å². The van der Waals surface area contributed by atoms with Crippen molar-refractivity contribution >= 4 is 44.3 Å². The zero-order valence-corrected chi connectivity index (χ0v) is 9.49. The molecule has 0 aliphatic carbocycles. The third-order valence-electron chi connectivity index (χ3n) is 1.80. The minimum Gasteiger partial charge on any atom is -0.258 e. The van der Waals surface area contributed by atoms with E-state index in [1.807, 2.05) is 0 Å². The quantitative estimate of drug-likeness (QED) is 0.459. The van der Waals surface area contributed by atoms with Gasteiger partial charge in [0.25, 0.3) is 0 Å². The van der Waals surface area contributed by atoms with Crippen molar-refractivity contribution in [2.24, 2.45) is 0 Å². The Kier molecular flexibility index (Phi) is 2.54. The van der Waals surface area contributed by atoms with Gasteiger partial charge in [0, 0.05) is 0 Å². The Balaban J connectivity index is 2.82. The van der Waals surface area contributed by atoms with E-state index in [4.69, 9.17) is 11.6 Å². The molecule has 5 nitrogen and oxygen atoms in total. The van der Waals surface area contributed by atoms with Crippen molar-refractivity contribution in [2.45, 2.75) is 0 Å². The summed E-state index contributed by atoms with van der Waals surface area (Å²) >= 11 is 8.81. The molecule has 0 spiro atoms. The topological polar surface area (TPSA) is 68.9 Å². The fourth-order valence-electron chi connectivity index (χ4n) is 1.13. The smallest absolute Gasteiger partial charge is 0.258 e. The van der Waals surface area contributed by atoms with Crippen molar-refractivity contribution in [3.05, 3.63) is 38.1 Å². The van der Waals surface area contributed by atoms with Crippen LogP contribution in [0, 0.1) is 10.1 Å². The van der Waals surface area contributed by atoms with Crippen LogP contribution in [-0.4, -0.2) is 14.9 Å². The monoisotopic (exact) mass is 287 g/mol. The van der Waals surface area contributed by atoms with Gasteiger partial charge in [-0.1, -0.05) is 11.6 Å². The van der Waals surface area contributed by atoms with E-state index in [1.165, 1.54) is 6.20 Å². The standard InChI is InChI=1S/C8H3BrClN3O2/c9-7-5(13(14)15)3-11-4-1-2-6(10)12-8(4)7/h1-3H. The average Bonchev–Trinajstić information content (AvgIpc) is 2.19. The number of pyridine rings is 2. The maximum Gasteiger partial charge on any atom is 0.303 e. The van der Waals surface area contributed by atoms with Crippen molar-refractivity contribution in [1.29, 1.82) is 0 Å². The lowest BCUT2D eigenvalue weighted by atomic mass is 10.3. The third-order valence-corrected chi connectivity index (χ3v) is 2.79. The summed E-state index contributed by atoms with van der Waals surface area (Å²) in [5.74, 6) is 0. The zero-order chi connectivity index (χ0) is 11.0. The fraction of sp³-hybridized carbons (Fsp3) is 0. The summed E-state index contributed by atoms with van der Waals surface area (Å²) in [6.07, 6.45) is 1.18. The molecule has 2 aromatic rings. The highest BCUT2D eigenvalue weighted by Crippen LogP contribution is 2.30. The van der Waals surface area contributed by atoms with Crippen LogP contribution in [0.1, 0.15) is 0 Å². The molecular formula is C8H3BrClN3O2. The largest absolute Gasteiger partial charge is 0.303 e. The lowest BCUT2D eigenvalue weighted by Gasteiger charge is -2.00. The summed E-state index contributed by atoms with van der Waals surface area (Å²) in [7, 11) is 0. The fourth-order valence-corrected chi connectivity index (χ4v) is 1.82.